The largest absolute Gasteiger partial charge is 0.468 e. The lowest BCUT2D eigenvalue weighted by Gasteiger charge is -2.44. The molecule has 25 heavy (non-hydrogen) atoms. The van der Waals surface area contributed by atoms with E-state index in [9.17, 15) is 4.79 Å². The molecule has 0 bridgehead atoms. The number of fused-ring (bicyclic) bond motifs is 7. The number of nitrogens with one attached hydrogen (secondary N) is 1. The van der Waals surface area contributed by atoms with Crippen molar-refractivity contribution in [1.29, 1.82) is 0 Å². The monoisotopic (exact) mass is 332 g/mol. The first-order valence-electron chi connectivity index (χ1n) is 8.79. The van der Waals surface area contributed by atoms with Crippen LogP contribution in [0.3, 0.4) is 0 Å². The third-order valence-electron chi connectivity index (χ3n) is 5.71. The van der Waals surface area contributed by atoms with Crippen molar-refractivity contribution in [2.24, 2.45) is 0 Å². The smallest absolute Gasteiger partial charge is 0.323 e. The number of esters is 1. The SMILES string of the molecule is COC(=O)[C@@H]1Cc2c([nH]c3ccccc23)C2c3ccccc3CCN21. The molecule has 0 fully saturated rings. The molecule has 5 rings (SSSR count). The Morgan fingerprint density at radius 3 is 2.84 bits per heavy atom. The Morgan fingerprint density at radius 1 is 1.16 bits per heavy atom. The van der Waals surface area contributed by atoms with E-state index in [2.05, 4.69) is 58.4 Å². The third kappa shape index (κ3) is 2.07. The van der Waals surface area contributed by atoms with Crippen LogP contribution in [0.15, 0.2) is 48.5 Å². The molecule has 0 saturated carbocycles. The Morgan fingerprint density at radius 2 is 1.96 bits per heavy atom. The topological polar surface area (TPSA) is 45.3 Å². The van der Waals surface area contributed by atoms with Gasteiger partial charge in [-0.2, -0.15) is 0 Å². The number of hydrogen-bond donors (Lipinski definition) is 1. The second kappa shape index (κ2) is 5.46. The molecule has 2 aliphatic rings. The van der Waals surface area contributed by atoms with Gasteiger partial charge in [0.1, 0.15) is 6.04 Å². The van der Waals surface area contributed by atoms with Gasteiger partial charge in [0.25, 0.3) is 0 Å². The van der Waals surface area contributed by atoms with Crippen LogP contribution in [0.25, 0.3) is 10.9 Å². The summed E-state index contributed by atoms with van der Waals surface area (Å²) >= 11 is 0. The molecule has 3 heterocycles. The molecule has 0 amide bonds. The number of carbonyl (C=O) groups excluding carboxylic acids is 1. The summed E-state index contributed by atoms with van der Waals surface area (Å²) < 4.78 is 5.14. The van der Waals surface area contributed by atoms with E-state index in [1.54, 1.807) is 0 Å². The lowest BCUT2D eigenvalue weighted by molar-refractivity contribution is -0.148. The summed E-state index contributed by atoms with van der Waals surface area (Å²) in [6.45, 7) is 0.871. The maximum Gasteiger partial charge on any atom is 0.323 e. The number of H-pyrrole nitrogens is 1. The summed E-state index contributed by atoms with van der Waals surface area (Å²) in [5, 5.41) is 1.22. The summed E-state index contributed by atoms with van der Waals surface area (Å²) in [5.41, 5.74) is 6.30. The van der Waals surface area contributed by atoms with Gasteiger partial charge in [0.05, 0.1) is 13.2 Å². The lowest BCUT2D eigenvalue weighted by Crippen LogP contribution is -2.51. The van der Waals surface area contributed by atoms with E-state index in [-0.39, 0.29) is 18.1 Å². The Kier molecular flexibility index (Phi) is 3.22. The normalized spacial score (nSPS) is 22.1. The molecular formula is C21H20N2O2. The van der Waals surface area contributed by atoms with Crippen LogP contribution in [-0.4, -0.2) is 35.5 Å². The van der Waals surface area contributed by atoms with Crippen molar-refractivity contribution in [3.05, 3.63) is 70.9 Å². The van der Waals surface area contributed by atoms with Crippen LogP contribution in [0.1, 0.15) is 28.4 Å². The van der Waals surface area contributed by atoms with E-state index in [4.69, 9.17) is 4.74 Å². The van der Waals surface area contributed by atoms with E-state index in [0.717, 1.165) is 18.5 Å². The first-order valence-corrected chi connectivity index (χ1v) is 8.79. The number of aromatic amines is 1. The van der Waals surface area contributed by atoms with Crippen LogP contribution in [-0.2, 0) is 22.4 Å². The molecule has 4 heteroatoms. The quantitative estimate of drug-likeness (QED) is 0.696. The summed E-state index contributed by atoms with van der Waals surface area (Å²) in [7, 11) is 1.49. The van der Waals surface area contributed by atoms with Gasteiger partial charge in [-0.3, -0.25) is 9.69 Å². The predicted octanol–water partition coefficient (Wildman–Crippen LogP) is 3.21. The van der Waals surface area contributed by atoms with E-state index in [0.29, 0.717) is 6.42 Å². The molecule has 4 nitrogen and oxygen atoms in total. The van der Waals surface area contributed by atoms with Gasteiger partial charge in [0.15, 0.2) is 0 Å². The maximum atomic E-state index is 12.5. The van der Waals surface area contributed by atoms with Crippen LogP contribution >= 0.6 is 0 Å². The first-order chi connectivity index (χ1) is 12.3. The highest BCUT2D eigenvalue weighted by Gasteiger charge is 2.43. The third-order valence-corrected chi connectivity index (χ3v) is 5.71. The van der Waals surface area contributed by atoms with Gasteiger partial charge in [0.2, 0.25) is 0 Å². The van der Waals surface area contributed by atoms with Gasteiger partial charge in [-0.1, -0.05) is 42.5 Å². The Balaban J connectivity index is 1.77. The minimum absolute atomic E-state index is 0.0881. The van der Waals surface area contributed by atoms with Crippen LogP contribution in [0.4, 0.5) is 0 Å². The Bertz CT molecular complexity index is 975. The van der Waals surface area contributed by atoms with Gasteiger partial charge >= 0.3 is 5.97 Å². The molecule has 126 valence electrons. The van der Waals surface area contributed by atoms with E-state index >= 15 is 0 Å². The number of carbonyl (C=O) groups is 1. The number of para-hydroxylation sites is 1. The average Bonchev–Trinajstić information content (AvgIpc) is 3.04. The van der Waals surface area contributed by atoms with Gasteiger partial charge in [-0.05, 0) is 29.2 Å². The molecule has 0 spiro atoms. The highest BCUT2D eigenvalue weighted by atomic mass is 16.5. The van der Waals surface area contributed by atoms with Crippen molar-refractivity contribution in [1.82, 2.24) is 9.88 Å². The van der Waals surface area contributed by atoms with Crippen LogP contribution in [0.2, 0.25) is 0 Å². The fourth-order valence-electron chi connectivity index (χ4n) is 4.58. The van der Waals surface area contributed by atoms with Gasteiger partial charge in [-0.15, -0.1) is 0 Å². The van der Waals surface area contributed by atoms with Crippen molar-refractivity contribution in [3.63, 3.8) is 0 Å². The number of rotatable bonds is 1. The second-order valence-electron chi connectivity index (χ2n) is 6.90. The van der Waals surface area contributed by atoms with E-state index < -0.39 is 0 Å². The molecule has 2 atom stereocenters. The molecule has 2 aliphatic heterocycles. The highest BCUT2D eigenvalue weighted by Crippen LogP contribution is 2.44. The maximum absolute atomic E-state index is 12.5. The molecule has 1 unspecified atom stereocenters. The average molecular weight is 332 g/mol. The zero-order chi connectivity index (χ0) is 17.0. The molecular weight excluding hydrogens is 312 g/mol. The van der Waals surface area contributed by atoms with Crippen LogP contribution in [0, 0.1) is 0 Å². The van der Waals surface area contributed by atoms with Crippen molar-refractivity contribution in [2.45, 2.75) is 24.9 Å². The molecule has 1 N–H and O–H groups in total. The summed E-state index contributed by atoms with van der Waals surface area (Å²) in [6.07, 6.45) is 1.67. The lowest BCUT2D eigenvalue weighted by atomic mass is 9.83. The molecule has 0 saturated heterocycles. The molecule has 0 radical (unpaired) electrons. The minimum Gasteiger partial charge on any atom is -0.468 e. The first kappa shape index (κ1) is 14.7. The molecule has 2 aromatic carbocycles. The van der Waals surface area contributed by atoms with Crippen molar-refractivity contribution >= 4 is 16.9 Å². The number of nitrogens with zero attached hydrogens (tertiary/aromatic N) is 1. The fraction of sp³-hybridized carbons (Fsp3) is 0.286. The van der Waals surface area contributed by atoms with Crippen molar-refractivity contribution in [3.8, 4) is 0 Å². The van der Waals surface area contributed by atoms with Crippen molar-refractivity contribution in [2.75, 3.05) is 13.7 Å². The van der Waals surface area contributed by atoms with Crippen LogP contribution in [0.5, 0.6) is 0 Å². The van der Waals surface area contributed by atoms with Gasteiger partial charge in [0, 0.05) is 29.6 Å². The number of aromatic nitrogens is 1. The highest BCUT2D eigenvalue weighted by molar-refractivity contribution is 5.87. The summed E-state index contributed by atoms with van der Waals surface area (Å²) in [6, 6.07) is 16.8. The Hall–Kier alpha value is -2.59. The second-order valence-corrected chi connectivity index (χ2v) is 6.90. The number of ether oxygens (including phenoxy) is 1. The Labute approximate surface area is 146 Å². The zero-order valence-corrected chi connectivity index (χ0v) is 14.2. The van der Waals surface area contributed by atoms with E-state index in [1.165, 1.54) is 34.9 Å². The molecule has 3 aromatic rings. The van der Waals surface area contributed by atoms with E-state index in [1.807, 2.05) is 0 Å². The predicted molar refractivity (Wildman–Crippen MR) is 96.5 cm³/mol. The summed E-state index contributed by atoms with van der Waals surface area (Å²) in [5.74, 6) is -0.139. The molecule has 1 aromatic heterocycles. The minimum atomic E-state index is -0.227. The molecule has 0 aliphatic carbocycles. The fourth-order valence-corrected chi connectivity index (χ4v) is 4.58. The summed E-state index contributed by atoms with van der Waals surface area (Å²) in [4.78, 5) is 18.5. The number of benzene rings is 2. The zero-order valence-electron chi connectivity index (χ0n) is 14.2. The van der Waals surface area contributed by atoms with Crippen molar-refractivity contribution < 1.29 is 9.53 Å². The van der Waals surface area contributed by atoms with Gasteiger partial charge < -0.3 is 9.72 Å². The standard InChI is InChI=1S/C21H20N2O2/c1-25-21(24)18-12-16-15-8-4-5-9-17(15)22-19(16)20-14-7-3-2-6-13(14)10-11-23(18)20/h2-9,18,20,22H,10-12H2,1H3/t18-,20?/m0/s1. The van der Waals surface area contributed by atoms with Crippen LogP contribution < -0.4 is 0 Å². The van der Waals surface area contributed by atoms with Gasteiger partial charge in [-0.25, -0.2) is 0 Å². The number of methoxy groups -OCH3 is 1. The number of hydrogen-bond acceptors (Lipinski definition) is 3.